The Morgan fingerprint density at radius 1 is 1.05 bits per heavy atom. The highest BCUT2D eigenvalue weighted by atomic mass is 16.3. The molecule has 20 heavy (non-hydrogen) atoms. The molecule has 4 nitrogen and oxygen atoms in total. The quantitative estimate of drug-likeness (QED) is 0.913. The van der Waals surface area contributed by atoms with E-state index < -0.39 is 0 Å². The van der Waals surface area contributed by atoms with Gasteiger partial charge in [-0.25, -0.2) is 0 Å². The zero-order valence-electron chi connectivity index (χ0n) is 12.1. The molecule has 1 saturated heterocycles. The van der Waals surface area contributed by atoms with E-state index in [-0.39, 0.29) is 6.61 Å². The van der Waals surface area contributed by atoms with Crippen molar-refractivity contribution in [1.82, 2.24) is 14.4 Å². The predicted molar refractivity (Wildman–Crippen MR) is 81.8 cm³/mol. The monoisotopic (exact) mass is 273 g/mol. The smallest absolute Gasteiger partial charge is 0.0682 e. The summed E-state index contributed by atoms with van der Waals surface area (Å²) in [4.78, 5) is 4.91. The van der Waals surface area contributed by atoms with Crippen LogP contribution >= 0.6 is 0 Å². The van der Waals surface area contributed by atoms with Crippen molar-refractivity contribution in [2.45, 2.75) is 13.2 Å². The first-order valence-electron chi connectivity index (χ1n) is 7.36. The SMILES string of the molecule is CN1CCN(CCn2ccc3ccc(CO)cc32)CC1. The molecule has 0 bridgehead atoms. The second kappa shape index (κ2) is 5.95. The van der Waals surface area contributed by atoms with E-state index in [4.69, 9.17) is 0 Å². The van der Waals surface area contributed by atoms with Gasteiger partial charge in [0.05, 0.1) is 6.61 Å². The zero-order chi connectivity index (χ0) is 13.9. The third-order valence-corrected chi connectivity index (χ3v) is 4.27. The number of hydrogen-bond acceptors (Lipinski definition) is 3. The molecule has 0 amide bonds. The van der Waals surface area contributed by atoms with Crippen molar-refractivity contribution in [2.75, 3.05) is 39.8 Å². The molecule has 1 aliphatic rings. The number of aromatic nitrogens is 1. The highest BCUT2D eigenvalue weighted by molar-refractivity contribution is 5.80. The molecule has 0 spiro atoms. The van der Waals surface area contributed by atoms with Gasteiger partial charge in [0.2, 0.25) is 0 Å². The molecule has 3 rings (SSSR count). The number of benzene rings is 1. The van der Waals surface area contributed by atoms with E-state index in [0.717, 1.165) is 31.7 Å². The predicted octanol–water partition coefficient (Wildman–Crippen LogP) is 1.38. The lowest BCUT2D eigenvalue weighted by Gasteiger charge is -2.32. The maximum absolute atomic E-state index is 9.26. The van der Waals surface area contributed by atoms with Gasteiger partial charge < -0.3 is 14.6 Å². The summed E-state index contributed by atoms with van der Waals surface area (Å²) < 4.78 is 2.30. The van der Waals surface area contributed by atoms with Crippen molar-refractivity contribution >= 4 is 10.9 Å². The Labute approximate surface area is 120 Å². The molecule has 108 valence electrons. The van der Waals surface area contributed by atoms with Gasteiger partial charge in [-0.3, -0.25) is 4.90 Å². The summed E-state index contributed by atoms with van der Waals surface area (Å²) >= 11 is 0. The maximum atomic E-state index is 9.26. The summed E-state index contributed by atoms with van der Waals surface area (Å²) in [6.45, 7) is 6.89. The summed E-state index contributed by atoms with van der Waals surface area (Å²) in [5.74, 6) is 0. The van der Waals surface area contributed by atoms with E-state index >= 15 is 0 Å². The van der Waals surface area contributed by atoms with Crippen molar-refractivity contribution in [1.29, 1.82) is 0 Å². The van der Waals surface area contributed by atoms with Gasteiger partial charge in [0, 0.05) is 51.0 Å². The molecule has 0 atom stereocenters. The fraction of sp³-hybridized carbons (Fsp3) is 0.500. The molecule has 1 aromatic heterocycles. The molecule has 1 aliphatic heterocycles. The minimum Gasteiger partial charge on any atom is -0.392 e. The molecule has 2 aromatic rings. The normalized spacial score (nSPS) is 17.9. The number of aliphatic hydroxyl groups excluding tert-OH is 1. The van der Waals surface area contributed by atoms with Gasteiger partial charge >= 0.3 is 0 Å². The van der Waals surface area contributed by atoms with Crippen LogP contribution in [0.15, 0.2) is 30.5 Å². The largest absolute Gasteiger partial charge is 0.392 e. The topological polar surface area (TPSA) is 31.6 Å². The summed E-state index contributed by atoms with van der Waals surface area (Å²) in [6, 6.07) is 8.33. The average Bonchev–Trinajstić information content (AvgIpc) is 2.89. The second-order valence-electron chi connectivity index (χ2n) is 5.71. The number of aliphatic hydroxyl groups is 1. The minimum atomic E-state index is 0.111. The highest BCUT2D eigenvalue weighted by Crippen LogP contribution is 2.18. The van der Waals surface area contributed by atoms with Gasteiger partial charge in [0.25, 0.3) is 0 Å². The van der Waals surface area contributed by atoms with Crippen LogP contribution in [0, 0.1) is 0 Å². The zero-order valence-corrected chi connectivity index (χ0v) is 12.1. The van der Waals surface area contributed by atoms with Crippen molar-refractivity contribution in [3.05, 3.63) is 36.0 Å². The summed E-state index contributed by atoms with van der Waals surface area (Å²) in [7, 11) is 2.19. The van der Waals surface area contributed by atoms with Gasteiger partial charge in [-0.2, -0.15) is 0 Å². The van der Waals surface area contributed by atoms with E-state index in [1.54, 1.807) is 0 Å². The second-order valence-corrected chi connectivity index (χ2v) is 5.71. The lowest BCUT2D eigenvalue weighted by atomic mass is 10.2. The van der Waals surface area contributed by atoms with Crippen LogP contribution in [-0.4, -0.2) is 59.2 Å². The van der Waals surface area contributed by atoms with Crippen molar-refractivity contribution in [2.24, 2.45) is 0 Å². The highest BCUT2D eigenvalue weighted by Gasteiger charge is 2.13. The first-order chi connectivity index (χ1) is 9.76. The van der Waals surface area contributed by atoms with Crippen molar-refractivity contribution < 1.29 is 5.11 Å². The van der Waals surface area contributed by atoms with Gasteiger partial charge in [-0.05, 0) is 30.1 Å². The van der Waals surface area contributed by atoms with Crippen LogP contribution in [0.25, 0.3) is 10.9 Å². The summed E-state index contributed by atoms with van der Waals surface area (Å²) in [6.07, 6.45) is 2.15. The third kappa shape index (κ3) is 2.87. The molecule has 4 heteroatoms. The number of fused-ring (bicyclic) bond motifs is 1. The molecule has 2 heterocycles. The Bertz CT molecular complexity index is 570. The Hall–Kier alpha value is -1.36. The molecule has 0 unspecified atom stereocenters. The van der Waals surface area contributed by atoms with Gasteiger partial charge in [0.15, 0.2) is 0 Å². The number of hydrogen-bond donors (Lipinski definition) is 1. The van der Waals surface area contributed by atoms with Crippen LogP contribution < -0.4 is 0 Å². The Morgan fingerprint density at radius 3 is 2.60 bits per heavy atom. The summed E-state index contributed by atoms with van der Waals surface area (Å²) in [5, 5.41) is 10.5. The van der Waals surface area contributed by atoms with Gasteiger partial charge in [0.1, 0.15) is 0 Å². The molecule has 1 aromatic carbocycles. The van der Waals surface area contributed by atoms with E-state index in [9.17, 15) is 5.11 Å². The molecule has 1 N–H and O–H groups in total. The number of rotatable bonds is 4. The number of piperazine rings is 1. The fourth-order valence-corrected chi connectivity index (χ4v) is 2.84. The van der Waals surface area contributed by atoms with Crippen LogP contribution in [0.2, 0.25) is 0 Å². The molecular formula is C16H23N3O. The van der Waals surface area contributed by atoms with E-state index in [2.05, 4.69) is 45.8 Å². The van der Waals surface area contributed by atoms with Crippen molar-refractivity contribution in [3.63, 3.8) is 0 Å². The third-order valence-electron chi connectivity index (χ3n) is 4.27. The first kappa shape index (κ1) is 13.6. The van der Waals surface area contributed by atoms with Gasteiger partial charge in [-0.1, -0.05) is 12.1 Å². The Morgan fingerprint density at radius 2 is 1.85 bits per heavy atom. The molecule has 1 fully saturated rings. The molecule has 0 radical (unpaired) electrons. The fourth-order valence-electron chi connectivity index (χ4n) is 2.84. The van der Waals surface area contributed by atoms with Crippen LogP contribution in [0.5, 0.6) is 0 Å². The van der Waals surface area contributed by atoms with Crippen LogP contribution in [0.4, 0.5) is 0 Å². The van der Waals surface area contributed by atoms with Crippen LogP contribution in [0.3, 0.4) is 0 Å². The van der Waals surface area contributed by atoms with Crippen LogP contribution in [-0.2, 0) is 13.2 Å². The molecule has 0 aliphatic carbocycles. The van der Waals surface area contributed by atoms with E-state index in [1.165, 1.54) is 24.0 Å². The Balaban J connectivity index is 1.68. The number of nitrogens with zero attached hydrogens (tertiary/aromatic N) is 3. The molecule has 0 saturated carbocycles. The number of likely N-dealkylation sites (N-methyl/N-ethyl adjacent to an activating group) is 1. The molecular weight excluding hydrogens is 250 g/mol. The van der Waals surface area contributed by atoms with E-state index in [1.807, 2.05) is 6.07 Å². The van der Waals surface area contributed by atoms with Crippen LogP contribution in [0.1, 0.15) is 5.56 Å². The van der Waals surface area contributed by atoms with E-state index in [0.29, 0.717) is 0 Å². The first-order valence-corrected chi connectivity index (χ1v) is 7.36. The van der Waals surface area contributed by atoms with Gasteiger partial charge in [-0.15, -0.1) is 0 Å². The standard InChI is InChI=1S/C16H23N3O/c1-17-6-8-18(9-7-17)10-11-19-5-4-15-3-2-14(13-20)12-16(15)19/h2-5,12,20H,6-11,13H2,1H3. The minimum absolute atomic E-state index is 0.111. The Kier molecular flexibility index (Phi) is 4.05. The lowest BCUT2D eigenvalue weighted by Crippen LogP contribution is -2.45. The maximum Gasteiger partial charge on any atom is 0.0682 e. The lowest BCUT2D eigenvalue weighted by molar-refractivity contribution is 0.150. The van der Waals surface area contributed by atoms with Crippen molar-refractivity contribution in [3.8, 4) is 0 Å². The summed E-state index contributed by atoms with van der Waals surface area (Å²) in [5.41, 5.74) is 2.21. The average molecular weight is 273 g/mol.